The zero-order valence-electron chi connectivity index (χ0n) is 17.0. The van der Waals surface area contributed by atoms with Gasteiger partial charge in [-0.3, -0.25) is 14.3 Å². The number of likely N-dealkylation sites (N-methyl/N-ethyl adjacent to an activating group) is 1. The van der Waals surface area contributed by atoms with E-state index in [0.717, 1.165) is 36.7 Å². The Morgan fingerprint density at radius 3 is 2.67 bits per heavy atom. The van der Waals surface area contributed by atoms with E-state index >= 15 is 0 Å². The number of ether oxygens (including phenoxy) is 1. The Bertz CT molecular complexity index is 1050. The summed E-state index contributed by atoms with van der Waals surface area (Å²) in [6, 6.07) is 11.2. The fourth-order valence-electron chi connectivity index (χ4n) is 3.49. The van der Waals surface area contributed by atoms with E-state index in [1.165, 1.54) is 6.07 Å². The average molecular weight is 426 g/mol. The summed E-state index contributed by atoms with van der Waals surface area (Å²) in [5.74, 6) is 1.43. The highest BCUT2D eigenvalue weighted by Crippen LogP contribution is 2.21. The Hall–Kier alpha value is -2.90. The Morgan fingerprint density at radius 1 is 1.17 bits per heavy atom. The van der Waals surface area contributed by atoms with E-state index in [1.54, 1.807) is 41.4 Å². The normalized spacial score (nSPS) is 16.3. The summed E-state index contributed by atoms with van der Waals surface area (Å²) in [7, 11) is 4.22. The number of anilines is 1. The molecule has 0 saturated carbocycles. The number of rotatable bonds is 6. The van der Waals surface area contributed by atoms with Crippen molar-refractivity contribution in [1.82, 2.24) is 19.4 Å². The molecule has 0 N–H and O–H groups in total. The molecule has 0 aromatic carbocycles. The Kier molecular flexibility index (Phi) is 6.01. The van der Waals surface area contributed by atoms with Gasteiger partial charge in [-0.05, 0) is 50.8 Å². The molecule has 0 bridgehead atoms. The lowest BCUT2D eigenvalue weighted by Gasteiger charge is -2.21. The number of pyridine rings is 3. The van der Waals surface area contributed by atoms with Crippen molar-refractivity contribution in [1.29, 1.82) is 0 Å². The second-order valence-electron chi connectivity index (χ2n) is 7.55. The third kappa shape index (κ3) is 4.63. The highest BCUT2D eigenvalue weighted by Gasteiger charge is 2.24. The molecule has 1 atom stereocenters. The molecule has 4 rings (SSSR count). The second-order valence-corrected chi connectivity index (χ2v) is 7.99. The van der Waals surface area contributed by atoms with Crippen LogP contribution in [0.4, 0.5) is 5.82 Å². The maximum Gasteiger partial charge on any atom is 0.258 e. The van der Waals surface area contributed by atoms with Gasteiger partial charge in [0.25, 0.3) is 5.56 Å². The lowest BCUT2D eigenvalue weighted by Crippen LogP contribution is -2.31. The highest BCUT2D eigenvalue weighted by molar-refractivity contribution is 6.30. The van der Waals surface area contributed by atoms with Crippen molar-refractivity contribution in [2.75, 3.05) is 32.1 Å². The van der Waals surface area contributed by atoms with Gasteiger partial charge in [0.2, 0.25) is 0 Å². The van der Waals surface area contributed by atoms with Gasteiger partial charge in [-0.15, -0.1) is 0 Å². The number of hydrogen-bond acceptors (Lipinski definition) is 6. The van der Waals surface area contributed by atoms with Crippen LogP contribution in [0.1, 0.15) is 12.1 Å². The first-order valence-corrected chi connectivity index (χ1v) is 10.2. The summed E-state index contributed by atoms with van der Waals surface area (Å²) in [5.41, 5.74) is 1.28. The van der Waals surface area contributed by atoms with Crippen LogP contribution in [0.3, 0.4) is 0 Å². The minimum atomic E-state index is -0.181. The fraction of sp³-hybridized carbons (Fsp3) is 0.318. The van der Waals surface area contributed by atoms with Crippen molar-refractivity contribution in [3.8, 4) is 11.4 Å². The maximum atomic E-state index is 12.6. The van der Waals surface area contributed by atoms with Gasteiger partial charge < -0.3 is 14.5 Å². The van der Waals surface area contributed by atoms with Gasteiger partial charge in [-0.1, -0.05) is 11.6 Å². The summed E-state index contributed by atoms with van der Waals surface area (Å²) in [4.78, 5) is 25.8. The van der Waals surface area contributed by atoms with Crippen molar-refractivity contribution >= 4 is 17.4 Å². The molecule has 0 amide bonds. The monoisotopic (exact) mass is 425 g/mol. The quantitative estimate of drug-likeness (QED) is 0.605. The maximum absolute atomic E-state index is 12.6. The molecule has 1 fully saturated rings. The standard InChI is InChI=1S/C22H24ClN5O2/c1-26(2)19-7-9-27(14-19)21-6-5-18(13-25-21)28-10-8-20(11-22(28)29)30-15-17-4-3-16(23)12-24-17/h3-6,8,10-13,19H,7,9,14-15H2,1-2H3/t19-/m1/s1. The summed E-state index contributed by atoms with van der Waals surface area (Å²) in [5, 5.41) is 0.572. The van der Waals surface area contributed by atoms with Gasteiger partial charge in [0.15, 0.2) is 0 Å². The molecular weight excluding hydrogens is 402 g/mol. The van der Waals surface area contributed by atoms with Gasteiger partial charge in [0.05, 0.1) is 22.6 Å². The second kappa shape index (κ2) is 8.85. The summed E-state index contributed by atoms with van der Waals surface area (Å²) < 4.78 is 7.23. The van der Waals surface area contributed by atoms with Crippen LogP contribution in [0.5, 0.6) is 5.75 Å². The van der Waals surface area contributed by atoms with Gasteiger partial charge in [-0.25, -0.2) is 4.98 Å². The summed E-state index contributed by atoms with van der Waals surface area (Å²) in [6.45, 7) is 2.22. The van der Waals surface area contributed by atoms with Crippen LogP contribution < -0.4 is 15.2 Å². The molecule has 1 aliphatic heterocycles. The molecule has 156 valence electrons. The third-order valence-electron chi connectivity index (χ3n) is 5.29. The molecule has 1 aliphatic rings. The van der Waals surface area contributed by atoms with Crippen LogP contribution in [0.15, 0.2) is 59.8 Å². The smallest absolute Gasteiger partial charge is 0.258 e. The van der Waals surface area contributed by atoms with E-state index < -0.39 is 0 Å². The van der Waals surface area contributed by atoms with Crippen LogP contribution >= 0.6 is 11.6 Å². The van der Waals surface area contributed by atoms with Gasteiger partial charge in [-0.2, -0.15) is 0 Å². The van der Waals surface area contributed by atoms with Crippen LogP contribution in [0.2, 0.25) is 5.02 Å². The molecule has 0 radical (unpaired) electrons. The molecule has 3 aromatic heterocycles. The Balaban J connectivity index is 1.43. The minimum Gasteiger partial charge on any atom is -0.487 e. The molecular formula is C22H24ClN5O2. The van der Waals surface area contributed by atoms with E-state index in [4.69, 9.17) is 16.3 Å². The molecule has 8 heteroatoms. The molecule has 30 heavy (non-hydrogen) atoms. The number of aromatic nitrogens is 3. The minimum absolute atomic E-state index is 0.181. The summed E-state index contributed by atoms with van der Waals surface area (Å²) >= 11 is 5.83. The van der Waals surface area contributed by atoms with E-state index in [9.17, 15) is 4.79 Å². The molecule has 0 spiro atoms. The van der Waals surface area contributed by atoms with E-state index in [2.05, 4.69) is 33.9 Å². The van der Waals surface area contributed by atoms with E-state index in [1.807, 2.05) is 12.1 Å². The molecule has 7 nitrogen and oxygen atoms in total. The van der Waals surface area contributed by atoms with Crippen molar-refractivity contribution in [3.63, 3.8) is 0 Å². The van der Waals surface area contributed by atoms with Crippen LogP contribution in [0, 0.1) is 0 Å². The van der Waals surface area contributed by atoms with Gasteiger partial charge in [0, 0.05) is 37.6 Å². The topological polar surface area (TPSA) is 63.5 Å². The first kappa shape index (κ1) is 20.4. The van der Waals surface area contributed by atoms with Crippen LogP contribution in [-0.4, -0.2) is 52.7 Å². The molecule has 4 heterocycles. The first-order chi connectivity index (χ1) is 14.5. The lowest BCUT2D eigenvalue weighted by atomic mass is 10.2. The first-order valence-electron chi connectivity index (χ1n) is 9.83. The molecule has 0 unspecified atom stereocenters. The van der Waals surface area contributed by atoms with Crippen LogP contribution in [0.25, 0.3) is 5.69 Å². The Morgan fingerprint density at radius 2 is 2.03 bits per heavy atom. The third-order valence-corrected chi connectivity index (χ3v) is 5.52. The highest BCUT2D eigenvalue weighted by atomic mass is 35.5. The predicted octanol–water partition coefficient (Wildman–Crippen LogP) is 3.00. The lowest BCUT2D eigenvalue weighted by molar-refractivity contribution is 0.300. The summed E-state index contributed by atoms with van der Waals surface area (Å²) in [6.07, 6.45) is 6.13. The molecule has 3 aromatic rings. The number of nitrogens with zero attached hydrogens (tertiary/aromatic N) is 5. The fourth-order valence-corrected chi connectivity index (χ4v) is 3.60. The Labute approximate surface area is 180 Å². The zero-order chi connectivity index (χ0) is 21.1. The number of halogens is 1. The van der Waals surface area contributed by atoms with E-state index in [-0.39, 0.29) is 12.2 Å². The molecule has 1 saturated heterocycles. The van der Waals surface area contributed by atoms with Crippen molar-refractivity contribution in [2.24, 2.45) is 0 Å². The zero-order valence-corrected chi connectivity index (χ0v) is 17.8. The van der Waals surface area contributed by atoms with Gasteiger partial charge >= 0.3 is 0 Å². The average Bonchev–Trinajstić information content (AvgIpc) is 3.24. The number of hydrogen-bond donors (Lipinski definition) is 0. The van der Waals surface area contributed by atoms with Crippen molar-refractivity contribution < 1.29 is 4.74 Å². The van der Waals surface area contributed by atoms with Gasteiger partial charge in [0.1, 0.15) is 18.2 Å². The predicted molar refractivity (Wildman–Crippen MR) is 118 cm³/mol. The van der Waals surface area contributed by atoms with Crippen LogP contribution in [-0.2, 0) is 6.61 Å². The SMILES string of the molecule is CN(C)[C@@H]1CCN(c2ccc(-n3ccc(OCc4ccc(Cl)cn4)cc3=O)cn2)C1. The van der Waals surface area contributed by atoms with E-state index in [0.29, 0.717) is 16.8 Å². The molecule has 0 aliphatic carbocycles. The largest absolute Gasteiger partial charge is 0.487 e. The van der Waals surface area contributed by atoms with Crippen molar-refractivity contribution in [3.05, 3.63) is 76.1 Å². The van der Waals surface area contributed by atoms with Crippen molar-refractivity contribution in [2.45, 2.75) is 19.1 Å².